The van der Waals surface area contributed by atoms with Gasteiger partial charge in [-0.25, -0.2) is 0 Å². The van der Waals surface area contributed by atoms with E-state index in [2.05, 4.69) is 323 Å². The molecule has 0 fully saturated rings. The number of anilines is 6. The van der Waals surface area contributed by atoms with E-state index in [1.165, 1.54) is 96.4 Å². The molecule has 0 bridgehead atoms. The number of benzene rings is 13. The van der Waals surface area contributed by atoms with E-state index in [0.717, 1.165) is 34.1 Å². The van der Waals surface area contributed by atoms with Crippen molar-refractivity contribution in [3.05, 3.63) is 279 Å². The molecule has 0 aliphatic carbocycles. The normalized spacial score (nSPS) is 11.9. The quantitative estimate of drug-likeness (QED) is 0.0889. The summed E-state index contributed by atoms with van der Waals surface area (Å²) in [6.07, 6.45) is 0. The Bertz CT molecular complexity index is 3970. The molecule has 13 aromatic carbocycles. The molecule has 386 valence electrons. The molecule has 0 saturated heterocycles. The number of nitrogens with zero attached hydrogens (tertiary/aromatic N) is 2. The van der Waals surface area contributed by atoms with Gasteiger partial charge in [0.1, 0.15) is 0 Å². The van der Waals surface area contributed by atoms with Crippen molar-refractivity contribution in [2.24, 2.45) is 0 Å². The Morgan fingerprint density at radius 3 is 0.575 bits per heavy atom. The molecule has 2 nitrogen and oxygen atoms in total. The Labute approximate surface area is 477 Å². The molecule has 0 aliphatic heterocycles. The average Bonchev–Trinajstić information content (AvgIpc) is 3.54. The summed E-state index contributed by atoms with van der Waals surface area (Å²) in [4.78, 5) is 4.75. The first kappa shape index (κ1) is 51.1. The predicted octanol–water partition coefficient (Wildman–Crippen LogP) is 21.0. The summed E-state index contributed by atoms with van der Waals surface area (Å²) in [6.45, 7) is 0. The van der Waals surface area contributed by atoms with Gasteiger partial charge in [-0.05, 0) is 22.3 Å². The zero-order valence-corrected chi connectivity index (χ0v) is 50.6. The van der Waals surface area contributed by atoms with Gasteiger partial charge in [-0.2, -0.15) is 0 Å². The molecule has 4 heteroatoms. The van der Waals surface area contributed by atoms with E-state index >= 15 is 0 Å². The van der Waals surface area contributed by atoms with Crippen LogP contribution in [0.5, 0.6) is 0 Å². The fourth-order valence-electron chi connectivity index (χ4n) is 12.1. The Morgan fingerprint density at radius 2 is 0.362 bits per heavy atom. The van der Waals surface area contributed by atoms with E-state index in [1.807, 2.05) is 0 Å². The molecule has 0 heterocycles. The molecule has 0 N–H and O–H groups in total. The van der Waals surface area contributed by atoms with Crippen LogP contribution < -0.4 is 18.6 Å². The molecular weight excluding hydrogens is 1090 g/mol. The predicted molar refractivity (Wildman–Crippen MR) is 354 cm³/mol. The van der Waals surface area contributed by atoms with E-state index in [9.17, 15) is 0 Å². The van der Waals surface area contributed by atoms with Crippen LogP contribution in [0.1, 0.15) is 0 Å². The molecule has 0 unspecified atom stereocenters. The zero-order chi connectivity index (χ0) is 54.5. The summed E-state index contributed by atoms with van der Waals surface area (Å²) < 4.78 is 3.01. The fraction of sp³-hybridized carbons (Fsp3) is 0.0789. The summed E-state index contributed by atoms with van der Waals surface area (Å²) in [5.41, 5.74) is 16.7. The van der Waals surface area contributed by atoms with E-state index in [1.54, 1.807) is 0 Å². The van der Waals surface area contributed by atoms with E-state index in [0.29, 0.717) is 0 Å². The van der Waals surface area contributed by atoms with Crippen molar-refractivity contribution in [1.29, 1.82) is 0 Å². The Morgan fingerprint density at radius 1 is 0.188 bits per heavy atom. The third kappa shape index (κ3) is 9.50. The van der Waals surface area contributed by atoms with Crippen molar-refractivity contribution < 1.29 is 0 Å². The third-order valence-electron chi connectivity index (χ3n) is 16.2. The van der Waals surface area contributed by atoms with Crippen molar-refractivity contribution in [1.82, 2.24) is 0 Å². The number of rotatable bonds is 12. The van der Waals surface area contributed by atoms with Crippen LogP contribution in [-0.4, -0.2) is 26.5 Å². The second-order valence-electron chi connectivity index (χ2n) is 23.3. The monoisotopic (exact) mass is 1150 g/mol. The number of fused-ring (bicyclic) bond motifs is 4. The van der Waals surface area contributed by atoms with E-state index < -0.39 is 26.5 Å². The Hall–Kier alpha value is -8.41. The van der Waals surface area contributed by atoms with Crippen molar-refractivity contribution in [2.75, 3.05) is 9.80 Å². The van der Waals surface area contributed by atoms with Crippen LogP contribution in [0, 0.1) is 0 Å². The van der Waals surface area contributed by atoms with Crippen LogP contribution in [-0.2, 0) is 0 Å². The summed E-state index contributed by atoms with van der Waals surface area (Å²) in [6, 6.07) is 104. The standard InChI is InChI=1S/C76H64Ge2N2/c1-77(2,3)57-41-49-63(50-42-57)79(59-21-9-7-10-22-59)61-45-37-55(38-46-61)75-69-29-17-13-25-65(69)73(66-26-14-18-30-70(66)75)53-33-35-54(36-34-53)74-67-27-15-19-31-71(67)76(72-32-20-16-28-68(72)74)56-39-47-62(48-40-56)80(60-23-11-8-12-24-60)64-51-43-58(44-52-64)78(4,5)6/h7-52H,1-6H3. The summed E-state index contributed by atoms with van der Waals surface area (Å²) in [5, 5.41) is 9.94. The van der Waals surface area contributed by atoms with Gasteiger partial charge in [0.05, 0.1) is 0 Å². The number of para-hydroxylation sites is 2. The molecule has 0 atom stereocenters. The molecule has 0 amide bonds. The summed E-state index contributed by atoms with van der Waals surface area (Å²) in [7, 11) is 0. The molecule has 13 aromatic rings. The van der Waals surface area contributed by atoms with Crippen LogP contribution >= 0.6 is 0 Å². The minimum absolute atomic E-state index is 1.13. The van der Waals surface area contributed by atoms with Gasteiger partial charge in [0.15, 0.2) is 0 Å². The fourth-order valence-corrected chi connectivity index (χ4v) is 17.0. The van der Waals surface area contributed by atoms with Crippen LogP contribution in [0.15, 0.2) is 279 Å². The van der Waals surface area contributed by atoms with Crippen molar-refractivity contribution in [3.63, 3.8) is 0 Å². The van der Waals surface area contributed by atoms with Gasteiger partial charge in [-0.1, -0.05) is 97.1 Å². The molecule has 0 spiro atoms. The van der Waals surface area contributed by atoms with Gasteiger partial charge in [-0.3, -0.25) is 0 Å². The van der Waals surface area contributed by atoms with Crippen LogP contribution in [0.4, 0.5) is 34.1 Å². The van der Waals surface area contributed by atoms with E-state index in [4.69, 9.17) is 0 Å². The van der Waals surface area contributed by atoms with Crippen LogP contribution in [0.25, 0.3) is 87.6 Å². The molecule has 80 heavy (non-hydrogen) atoms. The van der Waals surface area contributed by atoms with Gasteiger partial charge >= 0.3 is 361 Å². The second-order valence-corrected chi connectivity index (χ2v) is 44.6. The average molecular weight is 1150 g/mol. The van der Waals surface area contributed by atoms with Crippen LogP contribution in [0.2, 0.25) is 34.5 Å². The van der Waals surface area contributed by atoms with Crippen molar-refractivity contribution >= 4 is 113 Å². The maximum atomic E-state index is 2.46. The molecule has 13 rings (SSSR count). The first-order valence-electron chi connectivity index (χ1n) is 28.1. The zero-order valence-electron chi connectivity index (χ0n) is 46.5. The van der Waals surface area contributed by atoms with Gasteiger partial charge < -0.3 is 0 Å². The van der Waals surface area contributed by atoms with Gasteiger partial charge in [0.25, 0.3) is 0 Å². The van der Waals surface area contributed by atoms with E-state index in [-0.39, 0.29) is 0 Å². The molecular formula is C76H64Ge2N2. The van der Waals surface area contributed by atoms with Gasteiger partial charge in [-0.15, -0.1) is 0 Å². The van der Waals surface area contributed by atoms with Crippen molar-refractivity contribution in [3.8, 4) is 44.5 Å². The topological polar surface area (TPSA) is 6.48 Å². The summed E-state index contributed by atoms with van der Waals surface area (Å²) in [5.74, 6) is 14.7. The summed E-state index contributed by atoms with van der Waals surface area (Å²) >= 11 is -3.97. The van der Waals surface area contributed by atoms with Crippen molar-refractivity contribution in [2.45, 2.75) is 34.5 Å². The third-order valence-corrected chi connectivity index (χ3v) is 24.8. The van der Waals surface area contributed by atoms with Crippen LogP contribution in [0.3, 0.4) is 0 Å². The molecule has 0 aromatic heterocycles. The SMILES string of the molecule is [CH3][Ge]([CH3])([CH3])[c]1ccc(N(c2ccccc2)c2ccc(-c3c4ccccc4c(-c4ccc(-c5c6ccccc6c(-c6ccc(N(c7ccccc7)c7cc[c]([Ge]([CH3])([CH3])[CH3])cc7)cc6)c6ccccc56)cc4)c4ccccc34)cc2)cc1. The molecule has 0 radical (unpaired) electrons. The number of hydrogen-bond donors (Lipinski definition) is 0. The van der Waals surface area contributed by atoms with Gasteiger partial charge in [0, 0.05) is 0 Å². The first-order chi connectivity index (χ1) is 39.0. The maximum absolute atomic E-state index is 2.46. The van der Waals surface area contributed by atoms with Gasteiger partial charge in [0.2, 0.25) is 0 Å². The number of hydrogen-bond acceptors (Lipinski definition) is 2. The minimum atomic E-state index is -1.99. The molecule has 0 saturated carbocycles. The second kappa shape index (κ2) is 21.0. The first-order valence-corrected chi connectivity index (χ1v) is 42.8. The Kier molecular flexibility index (Phi) is 13.4. The molecule has 0 aliphatic rings. The Balaban J connectivity index is 0.877.